The third-order valence-electron chi connectivity index (χ3n) is 4.42. The van der Waals surface area contributed by atoms with Crippen molar-refractivity contribution in [3.63, 3.8) is 0 Å². The van der Waals surface area contributed by atoms with Gasteiger partial charge < -0.3 is 4.90 Å². The van der Waals surface area contributed by atoms with Crippen molar-refractivity contribution in [3.05, 3.63) is 76.9 Å². The van der Waals surface area contributed by atoms with Gasteiger partial charge in [-0.2, -0.15) is 8.42 Å². The Morgan fingerprint density at radius 2 is 1.83 bits per heavy atom. The number of thioether (sulfide) groups is 2. The Bertz CT molecular complexity index is 1210. The molecule has 154 valence electrons. The third-order valence-corrected chi connectivity index (χ3v) is 8.25. The van der Waals surface area contributed by atoms with Gasteiger partial charge in [0.05, 0.1) is 15.6 Å². The number of para-hydroxylation sites is 1. The fourth-order valence-electron chi connectivity index (χ4n) is 2.96. The number of rotatable bonds is 4. The fraction of sp³-hybridized carbons (Fsp3) is 0.100. The summed E-state index contributed by atoms with van der Waals surface area (Å²) < 4.78 is 42.4. The quantitative estimate of drug-likeness (QED) is 0.506. The number of hydrogen-bond donors (Lipinski definition) is 0. The van der Waals surface area contributed by atoms with Crippen molar-refractivity contribution in [1.82, 2.24) is 4.90 Å². The number of anilines is 1. The van der Waals surface area contributed by atoms with Crippen LogP contribution in [0.5, 0.6) is 0 Å². The van der Waals surface area contributed by atoms with Gasteiger partial charge in [0, 0.05) is 18.5 Å². The Morgan fingerprint density at radius 1 is 1.13 bits per heavy atom. The molecule has 0 saturated carbocycles. The van der Waals surface area contributed by atoms with Gasteiger partial charge in [-0.25, -0.2) is 4.39 Å². The lowest BCUT2D eigenvalue weighted by Crippen LogP contribution is -2.30. The molecule has 0 unspecified atom stereocenters. The lowest BCUT2D eigenvalue weighted by Gasteiger charge is -2.15. The number of halogens is 1. The first kappa shape index (κ1) is 20.7. The standard InChI is InChI=1S/C20H16FN3O3S3/c1-3-12-24-18(25)17(19-23(2)15-6-4-5-7-16(15)28-19)29-20(24)22-30(26,27)14-10-8-13(21)9-11-14/h3-11H,1,12H2,2H3/b19-17+,22-20+. The van der Waals surface area contributed by atoms with Crippen molar-refractivity contribution < 1.29 is 17.6 Å². The number of nitrogens with zero attached hydrogens (tertiary/aromatic N) is 3. The number of sulfonamides is 1. The van der Waals surface area contributed by atoms with Crippen molar-refractivity contribution in [3.8, 4) is 0 Å². The number of carbonyl (C=O) groups excluding carboxylic acids is 1. The molecule has 2 aliphatic rings. The average molecular weight is 462 g/mol. The van der Waals surface area contributed by atoms with Gasteiger partial charge in [-0.15, -0.1) is 11.0 Å². The molecule has 0 atom stereocenters. The van der Waals surface area contributed by atoms with Gasteiger partial charge in [0.25, 0.3) is 15.9 Å². The Morgan fingerprint density at radius 3 is 2.50 bits per heavy atom. The normalized spacial score (nSPS) is 20.2. The van der Waals surface area contributed by atoms with Crippen molar-refractivity contribution in [1.29, 1.82) is 0 Å². The molecule has 2 aromatic carbocycles. The number of benzene rings is 2. The highest BCUT2D eigenvalue weighted by Gasteiger charge is 2.39. The van der Waals surface area contributed by atoms with E-state index in [1.54, 1.807) is 0 Å². The van der Waals surface area contributed by atoms with E-state index in [2.05, 4.69) is 11.0 Å². The Balaban J connectivity index is 1.75. The van der Waals surface area contributed by atoms with Gasteiger partial charge in [0.1, 0.15) is 10.7 Å². The first-order valence-electron chi connectivity index (χ1n) is 8.78. The number of amides is 1. The molecule has 2 aromatic rings. The lowest BCUT2D eigenvalue weighted by molar-refractivity contribution is -0.121. The highest BCUT2D eigenvalue weighted by molar-refractivity contribution is 8.19. The topological polar surface area (TPSA) is 70.1 Å². The molecule has 0 radical (unpaired) electrons. The number of amidine groups is 1. The fourth-order valence-corrected chi connectivity index (χ4v) is 6.49. The van der Waals surface area contributed by atoms with Crippen LogP contribution in [0.4, 0.5) is 10.1 Å². The molecule has 1 saturated heterocycles. The number of carbonyl (C=O) groups is 1. The Labute approximate surface area is 182 Å². The second-order valence-electron chi connectivity index (χ2n) is 6.37. The van der Waals surface area contributed by atoms with Gasteiger partial charge in [-0.3, -0.25) is 9.69 Å². The van der Waals surface area contributed by atoms with E-state index in [1.807, 2.05) is 36.2 Å². The summed E-state index contributed by atoms with van der Waals surface area (Å²) in [6.07, 6.45) is 1.51. The highest BCUT2D eigenvalue weighted by atomic mass is 32.2. The molecule has 4 rings (SSSR count). The maximum Gasteiger partial charge on any atom is 0.284 e. The average Bonchev–Trinajstić information content (AvgIpc) is 3.20. The van der Waals surface area contributed by atoms with E-state index in [0.717, 1.165) is 46.6 Å². The van der Waals surface area contributed by atoms with E-state index in [0.29, 0.717) is 9.93 Å². The van der Waals surface area contributed by atoms with Gasteiger partial charge in [0.15, 0.2) is 5.17 Å². The van der Waals surface area contributed by atoms with Crippen LogP contribution in [-0.4, -0.2) is 38.0 Å². The van der Waals surface area contributed by atoms with Crippen LogP contribution in [0.25, 0.3) is 0 Å². The zero-order valence-corrected chi connectivity index (χ0v) is 18.2. The predicted molar refractivity (Wildman–Crippen MR) is 118 cm³/mol. The molecule has 0 aliphatic carbocycles. The molecule has 2 heterocycles. The van der Waals surface area contributed by atoms with E-state index in [1.165, 1.54) is 22.7 Å². The van der Waals surface area contributed by atoms with Crippen LogP contribution >= 0.6 is 23.5 Å². The molecular weight excluding hydrogens is 445 g/mol. The van der Waals surface area contributed by atoms with Crippen LogP contribution < -0.4 is 4.90 Å². The molecule has 2 aliphatic heterocycles. The Kier molecular flexibility index (Phi) is 5.48. The van der Waals surface area contributed by atoms with Gasteiger partial charge in [-0.05, 0) is 48.2 Å². The molecular formula is C20H16FN3O3S3. The summed E-state index contributed by atoms with van der Waals surface area (Å²) in [5.74, 6) is -0.886. The first-order chi connectivity index (χ1) is 14.3. The largest absolute Gasteiger partial charge is 0.337 e. The van der Waals surface area contributed by atoms with Crippen LogP contribution in [0, 0.1) is 5.82 Å². The monoisotopic (exact) mass is 461 g/mol. The van der Waals surface area contributed by atoms with E-state index in [4.69, 9.17) is 0 Å². The van der Waals surface area contributed by atoms with Crippen LogP contribution in [0.15, 0.2) is 85.3 Å². The van der Waals surface area contributed by atoms with Crippen LogP contribution in [0.3, 0.4) is 0 Å². The predicted octanol–water partition coefficient (Wildman–Crippen LogP) is 4.04. The van der Waals surface area contributed by atoms with Gasteiger partial charge >= 0.3 is 0 Å². The minimum Gasteiger partial charge on any atom is -0.337 e. The molecule has 0 N–H and O–H groups in total. The SMILES string of the molecule is C=CCN1C(=O)/C(=C2\Sc3ccccc3N2C)S/C1=N/S(=O)(=O)c1ccc(F)cc1. The zero-order valence-electron chi connectivity index (χ0n) is 15.8. The van der Waals surface area contributed by atoms with Crippen LogP contribution in [0.2, 0.25) is 0 Å². The molecule has 0 aromatic heterocycles. The van der Waals surface area contributed by atoms with Crippen LogP contribution in [0.1, 0.15) is 0 Å². The molecule has 6 nitrogen and oxygen atoms in total. The van der Waals surface area contributed by atoms with Crippen molar-refractivity contribution in [2.45, 2.75) is 9.79 Å². The van der Waals surface area contributed by atoms with Crippen molar-refractivity contribution >= 4 is 50.3 Å². The Hall–Kier alpha value is -2.56. The number of hydrogen-bond acceptors (Lipinski definition) is 6. The minimum atomic E-state index is -4.12. The second kappa shape index (κ2) is 7.93. The summed E-state index contributed by atoms with van der Waals surface area (Å²) in [6, 6.07) is 12.1. The molecule has 10 heteroatoms. The van der Waals surface area contributed by atoms with Crippen LogP contribution in [-0.2, 0) is 14.8 Å². The third kappa shape index (κ3) is 3.66. The van der Waals surface area contributed by atoms with E-state index in [9.17, 15) is 17.6 Å². The van der Waals surface area contributed by atoms with Crippen molar-refractivity contribution in [2.75, 3.05) is 18.5 Å². The first-order valence-corrected chi connectivity index (χ1v) is 11.8. The zero-order chi connectivity index (χ0) is 21.5. The molecule has 30 heavy (non-hydrogen) atoms. The molecule has 1 fully saturated rings. The van der Waals surface area contributed by atoms with E-state index >= 15 is 0 Å². The summed E-state index contributed by atoms with van der Waals surface area (Å²) in [4.78, 5) is 17.5. The lowest BCUT2D eigenvalue weighted by atomic mass is 10.3. The summed E-state index contributed by atoms with van der Waals surface area (Å²) in [5.41, 5.74) is 0.970. The van der Waals surface area contributed by atoms with E-state index in [-0.39, 0.29) is 22.5 Å². The maximum atomic E-state index is 13.2. The number of fused-ring (bicyclic) bond motifs is 1. The summed E-state index contributed by atoms with van der Waals surface area (Å²) in [5, 5.41) is 0.751. The van der Waals surface area contributed by atoms with Gasteiger partial charge in [0.2, 0.25) is 0 Å². The smallest absolute Gasteiger partial charge is 0.284 e. The molecule has 0 bridgehead atoms. The van der Waals surface area contributed by atoms with E-state index < -0.39 is 15.8 Å². The second-order valence-corrected chi connectivity index (χ2v) is 9.98. The summed E-state index contributed by atoms with van der Waals surface area (Å²) in [6.45, 7) is 3.76. The molecule has 0 spiro atoms. The van der Waals surface area contributed by atoms with Gasteiger partial charge in [-0.1, -0.05) is 30.0 Å². The van der Waals surface area contributed by atoms with Crippen molar-refractivity contribution in [2.24, 2.45) is 4.40 Å². The summed E-state index contributed by atoms with van der Waals surface area (Å²) >= 11 is 2.45. The minimum absolute atomic E-state index is 0.0386. The highest BCUT2D eigenvalue weighted by Crippen LogP contribution is 2.49. The summed E-state index contributed by atoms with van der Waals surface area (Å²) in [7, 11) is -2.26. The molecule has 1 amide bonds. The maximum absolute atomic E-state index is 13.2.